The van der Waals surface area contributed by atoms with Crippen molar-refractivity contribution in [3.63, 3.8) is 0 Å². The Hall–Kier alpha value is -1.95. The summed E-state index contributed by atoms with van der Waals surface area (Å²) in [4.78, 5) is 12.0. The van der Waals surface area contributed by atoms with Crippen molar-refractivity contribution in [1.82, 2.24) is 9.59 Å². The second kappa shape index (κ2) is 5.79. The number of para-hydroxylation sites is 1. The van der Waals surface area contributed by atoms with Crippen LogP contribution in [-0.2, 0) is 11.3 Å². The molecule has 0 radical (unpaired) electrons. The van der Waals surface area contributed by atoms with Crippen LogP contribution in [0, 0.1) is 13.8 Å². The van der Waals surface area contributed by atoms with Crippen LogP contribution in [0.3, 0.4) is 0 Å². The molecule has 0 bridgehead atoms. The van der Waals surface area contributed by atoms with Gasteiger partial charge >= 0.3 is 5.97 Å². The Bertz CT molecular complexity index is 575. The Labute approximate surface area is 115 Å². The van der Waals surface area contributed by atoms with E-state index in [4.69, 9.17) is 4.74 Å². The fourth-order valence-corrected chi connectivity index (χ4v) is 2.43. The predicted octanol–water partition coefficient (Wildman–Crippen LogP) is 2.55. The molecule has 0 saturated heterocycles. The molecule has 0 fully saturated rings. The minimum Gasteiger partial charge on any atom is -0.465 e. The van der Waals surface area contributed by atoms with E-state index in [9.17, 15) is 4.79 Å². The number of aryl methyl sites for hydroxylation is 2. The minimum absolute atomic E-state index is 0.395. The summed E-state index contributed by atoms with van der Waals surface area (Å²) in [6, 6.07) is 6.09. The Kier molecular flexibility index (Phi) is 4.11. The summed E-state index contributed by atoms with van der Waals surface area (Å²) < 4.78 is 8.50. The Morgan fingerprint density at radius 1 is 1.37 bits per heavy atom. The molecule has 100 valence electrons. The van der Waals surface area contributed by atoms with Gasteiger partial charge in [-0.25, -0.2) is 4.79 Å². The standard InChI is InChI=1S/C13H15N3O2S/c1-8-5-4-6-9(2)11(8)14-7-10-12(13(17)18-3)19-16-15-10/h4-6,14H,7H2,1-3H3. The summed E-state index contributed by atoms with van der Waals surface area (Å²) in [6.45, 7) is 4.53. The number of esters is 1. The number of aromatic nitrogens is 2. The van der Waals surface area contributed by atoms with Gasteiger partial charge in [-0.15, -0.1) is 5.10 Å². The van der Waals surface area contributed by atoms with E-state index in [-0.39, 0.29) is 0 Å². The number of carbonyl (C=O) groups excluding carboxylic acids is 1. The average molecular weight is 277 g/mol. The maximum atomic E-state index is 11.5. The molecule has 19 heavy (non-hydrogen) atoms. The predicted molar refractivity (Wildman–Crippen MR) is 74.5 cm³/mol. The van der Waals surface area contributed by atoms with Gasteiger partial charge in [0.1, 0.15) is 5.69 Å². The summed E-state index contributed by atoms with van der Waals surface area (Å²) >= 11 is 1.05. The molecule has 0 atom stereocenters. The van der Waals surface area contributed by atoms with Gasteiger partial charge in [0.2, 0.25) is 0 Å². The lowest BCUT2D eigenvalue weighted by Gasteiger charge is -2.11. The Balaban J connectivity index is 2.15. The van der Waals surface area contributed by atoms with Crippen LogP contribution in [0.25, 0.3) is 0 Å². The van der Waals surface area contributed by atoms with Gasteiger partial charge in [0, 0.05) is 5.69 Å². The summed E-state index contributed by atoms with van der Waals surface area (Å²) in [5, 5.41) is 7.26. The molecule has 0 aliphatic carbocycles. The van der Waals surface area contributed by atoms with Gasteiger partial charge in [0.05, 0.1) is 13.7 Å². The lowest BCUT2D eigenvalue weighted by atomic mass is 10.1. The lowest BCUT2D eigenvalue weighted by molar-refractivity contribution is 0.0605. The molecular formula is C13H15N3O2S. The lowest BCUT2D eigenvalue weighted by Crippen LogP contribution is -2.08. The zero-order valence-electron chi connectivity index (χ0n) is 11.1. The van der Waals surface area contributed by atoms with E-state index in [0.717, 1.165) is 28.3 Å². The van der Waals surface area contributed by atoms with Gasteiger partial charge in [-0.2, -0.15) is 0 Å². The highest BCUT2D eigenvalue weighted by atomic mass is 32.1. The molecule has 2 rings (SSSR count). The van der Waals surface area contributed by atoms with E-state index in [1.54, 1.807) is 0 Å². The second-order valence-corrected chi connectivity index (χ2v) is 4.91. The van der Waals surface area contributed by atoms with Crippen LogP contribution in [0.1, 0.15) is 26.5 Å². The number of nitrogens with zero attached hydrogens (tertiary/aromatic N) is 2. The average Bonchev–Trinajstić information content (AvgIpc) is 2.85. The number of hydrogen-bond acceptors (Lipinski definition) is 6. The third-order valence-electron chi connectivity index (χ3n) is 2.84. The molecule has 0 amide bonds. The van der Waals surface area contributed by atoms with Crippen LogP contribution in [-0.4, -0.2) is 22.7 Å². The summed E-state index contributed by atoms with van der Waals surface area (Å²) in [5.74, 6) is -0.395. The fraction of sp³-hybridized carbons (Fsp3) is 0.308. The molecule has 0 unspecified atom stereocenters. The van der Waals surface area contributed by atoms with Crippen molar-refractivity contribution in [1.29, 1.82) is 0 Å². The highest BCUT2D eigenvalue weighted by molar-refractivity contribution is 7.07. The van der Waals surface area contributed by atoms with Gasteiger partial charge in [-0.3, -0.25) is 0 Å². The number of benzene rings is 1. The van der Waals surface area contributed by atoms with Crippen LogP contribution in [0.5, 0.6) is 0 Å². The molecule has 1 N–H and O–H groups in total. The van der Waals surface area contributed by atoms with Gasteiger partial charge in [-0.1, -0.05) is 22.7 Å². The number of ether oxygens (including phenoxy) is 1. The Morgan fingerprint density at radius 3 is 2.68 bits per heavy atom. The number of carbonyl (C=O) groups is 1. The van der Waals surface area contributed by atoms with Gasteiger partial charge in [-0.05, 0) is 36.5 Å². The number of nitrogens with one attached hydrogen (secondary N) is 1. The van der Waals surface area contributed by atoms with Crippen molar-refractivity contribution in [3.8, 4) is 0 Å². The van der Waals surface area contributed by atoms with E-state index in [0.29, 0.717) is 17.1 Å². The van der Waals surface area contributed by atoms with Crippen LogP contribution in [0.2, 0.25) is 0 Å². The van der Waals surface area contributed by atoms with Crippen molar-refractivity contribution in [2.45, 2.75) is 20.4 Å². The van der Waals surface area contributed by atoms with Gasteiger partial charge in [0.25, 0.3) is 0 Å². The Morgan fingerprint density at radius 2 is 2.05 bits per heavy atom. The summed E-state index contributed by atoms with van der Waals surface area (Å²) in [6.07, 6.45) is 0. The topological polar surface area (TPSA) is 64.1 Å². The molecule has 2 aromatic rings. The summed E-state index contributed by atoms with van der Waals surface area (Å²) in [5.41, 5.74) is 3.98. The minimum atomic E-state index is -0.395. The molecule has 6 heteroatoms. The maximum absolute atomic E-state index is 11.5. The van der Waals surface area contributed by atoms with E-state index in [2.05, 4.69) is 14.9 Å². The third kappa shape index (κ3) is 2.90. The largest absolute Gasteiger partial charge is 0.465 e. The number of anilines is 1. The zero-order valence-corrected chi connectivity index (χ0v) is 11.9. The van der Waals surface area contributed by atoms with Crippen LogP contribution < -0.4 is 5.32 Å². The quantitative estimate of drug-likeness (QED) is 0.870. The summed E-state index contributed by atoms with van der Waals surface area (Å²) in [7, 11) is 1.35. The van der Waals surface area contributed by atoms with E-state index < -0.39 is 5.97 Å². The molecule has 5 nitrogen and oxygen atoms in total. The molecule has 1 heterocycles. The zero-order chi connectivity index (χ0) is 13.8. The van der Waals surface area contributed by atoms with Crippen molar-refractivity contribution in [2.75, 3.05) is 12.4 Å². The molecule has 1 aromatic carbocycles. The fourth-order valence-electron chi connectivity index (χ4n) is 1.84. The van der Waals surface area contributed by atoms with Crippen LogP contribution >= 0.6 is 11.5 Å². The van der Waals surface area contributed by atoms with E-state index >= 15 is 0 Å². The third-order valence-corrected chi connectivity index (χ3v) is 3.59. The van der Waals surface area contributed by atoms with Gasteiger partial charge < -0.3 is 10.1 Å². The number of methoxy groups -OCH3 is 1. The monoisotopic (exact) mass is 277 g/mol. The van der Waals surface area contributed by atoms with Crippen molar-refractivity contribution in [2.24, 2.45) is 0 Å². The SMILES string of the molecule is COC(=O)c1snnc1CNc1c(C)cccc1C. The molecule has 1 aromatic heterocycles. The molecule has 0 spiro atoms. The molecule has 0 saturated carbocycles. The molecule has 0 aliphatic rings. The first-order chi connectivity index (χ1) is 9.13. The van der Waals surface area contributed by atoms with Crippen LogP contribution in [0.15, 0.2) is 18.2 Å². The molecule has 0 aliphatic heterocycles. The van der Waals surface area contributed by atoms with Crippen molar-refractivity contribution < 1.29 is 9.53 Å². The van der Waals surface area contributed by atoms with Crippen molar-refractivity contribution in [3.05, 3.63) is 39.9 Å². The highest BCUT2D eigenvalue weighted by Crippen LogP contribution is 2.21. The first-order valence-corrected chi connectivity index (χ1v) is 6.60. The normalized spacial score (nSPS) is 10.3. The molecular weight excluding hydrogens is 262 g/mol. The second-order valence-electron chi connectivity index (χ2n) is 4.16. The highest BCUT2D eigenvalue weighted by Gasteiger charge is 2.16. The maximum Gasteiger partial charge on any atom is 0.351 e. The number of rotatable bonds is 4. The van der Waals surface area contributed by atoms with Gasteiger partial charge in [0.15, 0.2) is 4.88 Å². The van der Waals surface area contributed by atoms with Crippen LogP contribution in [0.4, 0.5) is 5.69 Å². The first kappa shape index (κ1) is 13.5. The first-order valence-electron chi connectivity index (χ1n) is 5.83. The van der Waals surface area contributed by atoms with E-state index in [1.807, 2.05) is 32.0 Å². The van der Waals surface area contributed by atoms with Crippen molar-refractivity contribution >= 4 is 23.2 Å². The smallest absolute Gasteiger partial charge is 0.351 e. The number of hydrogen-bond donors (Lipinski definition) is 1. The van der Waals surface area contributed by atoms with E-state index in [1.165, 1.54) is 7.11 Å².